The molecule has 0 aromatic heterocycles. The maximum atomic E-state index is 13.4. The number of halogens is 1. The molecule has 0 bridgehead atoms. The predicted octanol–water partition coefficient (Wildman–Crippen LogP) is 5.15. The lowest BCUT2D eigenvalue weighted by molar-refractivity contribution is 0.288. The summed E-state index contributed by atoms with van der Waals surface area (Å²) in [6.45, 7) is 5.60. The van der Waals surface area contributed by atoms with Crippen LogP contribution in [0.2, 0.25) is 0 Å². The molecule has 0 saturated carbocycles. The molecule has 0 amide bonds. The molecule has 1 aliphatic carbocycles. The highest BCUT2D eigenvalue weighted by Crippen LogP contribution is 2.42. The van der Waals surface area contributed by atoms with Crippen LogP contribution in [0.1, 0.15) is 19.4 Å². The highest BCUT2D eigenvalue weighted by molar-refractivity contribution is 6.05. The molecule has 27 heavy (non-hydrogen) atoms. The highest BCUT2D eigenvalue weighted by Gasteiger charge is 2.19. The first kappa shape index (κ1) is 17.3. The van der Waals surface area contributed by atoms with Crippen molar-refractivity contribution < 1.29 is 13.9 Å². The zero-order valence-corrected chi connectivity index (χ0v) is 15.4. The minimum atomic E-state index is -0.233. The minimum absolute atomic E-state index is 0.233. The Labute approximate surface area is 156 Å². The standard InChI is InChI=1S/C21H22FN3O2/c1-3-26-18-10-14-9-17-20(16(14)11-19(18)27-4-2)24-25-21(17)23-12-13-6-5-7-15(22)8-13/h5-11,23-25H,3-4,12H2,1-2H3. The van der Waals surface area contributed by atoms with E-state index in [4.69, 9.17) is 9.47 Å². The number of benzene rings is 2. The summed E-state index contributed by atoms with van der Waals surface area (Å²) in [5.74, 6) is 2.12. The second-order valence-electron chi connectivity index (χ2n) is 6.29. The van der Waals surface area contributed by atoms with Gasteiger partial charge < -0.3 is 14.8 Å². The zero-order chi connectivity index (χ0) is 18.8. The lowest BCUT2D eigenvalue weighted by Crippen LogP contribution is -2.00. The van der Waals surface area contributed by atoms with Crippen molar-refractivity contribution in [2.75, 3.05) is 18.5 Å². The summed E-state index contributed by atoms with van der Waals surface area (Å²) in [5, 5.41) is 11.9. The van der Waals surface area contributed by atoms with Gasteiger partial charge in [0.2, 0.25) is 0 Å². The van der Waals surface area contributed by atoms with E-state index in [2.05, 4.69) is 21.6 Å². The summed E-state index contributed by atoms with van der Waals surface area (Å²) >= 11 is 0. The van der Waals surface area contributed by atoms with Crippen molar-refractivity contribution in [1.29, 1.82) is 0 Å². The van der Waals surface area contributed by atoms with Crippen LogP contribution >= 0.6 is 0 Å². The van der Waals surface area contributed by atoms with Crippen molar-refractivity contribution in [3.05, 3.63) is 53.8 Å². The molecule has 0 unspecified atom stereocenters. The summed E-state index contributed by atoms with van der Waals surface area (Å²) in [5.41, 5.74) is 2.92. The minimum Gasteiger partial charge on any atom is -0.490 e. The lowest BCUT2D eigenvalue weighted by Gasteiger charge is -2.11. The molecule has 0 spiro atoms. The van der Waals surface area contributed by atoms with Gasteiger partial charge in [0.15, 0.2) is 11.5 Å². The molecule has 0 atom stereocenters. The molecule has 0 radical (unpaired) electrons. The van der Waals surface area contributed by atoms with E-state index in [9.17, 15) is 4.39 Å². The van der Waals surface area contributed by atoms with Gasteiger partial charge in [-0.2, -0.15) is 0 Å². The summed E-state index contributed by atoms with van der Waals surface area (Å²) in [7, 11) is 0. The molecule has 0 fully saturated rings. The first-order valence-corrected chi connectivity index (χ1v) is 9.10. The largest absolute Gasteiger partial charge is 0.490 e. The van der Waals surface area contributed by atoms with E-state index < -0.39 is 0 Å². The first-order valence-electron chi connectivity index (χ1n) is 9.10. The molecular weight excluding hydrogens is 345 g/mol. The van der Waals surface area contributed by atoms with Gasteiger partial charge in [-0.15, -0.1) is 0 Å². The quantitative estimate of drug-likeness (QED) is 0.423. The molecule has 2 aromatic rings. The van der Waals surface area contributed by atoms with Crippen LogP contribution in [0.15, 0.2) is 42.5 Å². The Hall–Kier alpha value is -3.15. The zero-order valence-electron chi connectivity index (χ0n) is 15.4. The Morgan fingerprint density at radius 2 is 1.74 bits per heavy atom. The average molecular weight is 367 g/mol. The van der Waals surface area contributed by atoms with Gasteiger partial charge in [0.25, 0.3) is 0 Å². The van der Waals surface area contributed by atoms with Crippen molar-refractivity contribution in [3.63, 3.8) is 0 Å². The van der Waals surface area contributed by atoms with E-state index in [1.807, 2.05) is 32.0 Å². The van der Waals surface area contributed by atoms with Crippen molar-refractivity contribution >= 4 is 16.6 Å². The summed E-state index contributed by atoms with van der Waals surface area (Å²) in [6, 6.07) is 12.7. The number of aromatic amines is 2. The fraction of sp³-hybridized carbons (Fsp3) is 0.238. The van der Waals surface area contributed by atoms with E-state index in [0.29, 0.717) is 19.8 Å². The van der Waals surface area contributed by atoms with Gasteiger partial charge in [-0.3, -0.25) is 10.2 Å². The Bertz CT molecular complexity index is 1040. The van der Waals surface area contributed by atoms with Crippen LogP contribution in [0, 0.1) is 5.82 Å². The highest BCUT2D eigenvalue weighted by atomic mass is 19.1. The molecule has 0 saturated heterocycles. The Morgan fingerprint density at radius 1 is 0.963 bits per heavy atom. The van der Waals surface area contributed by atoms with Crippen LogP contribution in [-0.4, -0.2) is 23.4 Å². The second-order valence-corrected chi connectivity index (χ2v) is 6.29. The Balaban J connectivity index is 1.66. The SMILES string of the molecule is CCOc1cc2cc3c(NCc4cccc(F)c4)[nH][nH]c-3c2cc1OCC. The molecule has 1 aliphatic heterocycles. The third-order valence-corrected chi connectivity index (χ3v) is 4.49. The molecule has 6 heteroatoms. The number of nitrogens with one attached hydrogen (secondary N) is 3. The van der Waals surface area contributed by atoms with Gasteiger partial charge in [-0.1, -0.05) is 12.1 Å². The first-order chi connectivity index (χ1) is 13.2. The van der Waals surface area contributed by atoms with Crippen molar-refractivity contribution in [2.24, 2.45) is 0 Å². The number of H-pyrrole nitrogens is 2. The molecule has 4 rings (SSSR count). The molecular formula is C21H22FN3O2. The van der Waals surface area contributed by atoms with Crippen LogP contribution in [0.25, 0.3) is 22.0 Å². The van der Waals surface area contributed by atoms with Gasteiger partial charge in [0.1, 0.15) is 11.6 Å². The summed E-state index contributed by atoms with van der Waals surface area (Å²) < 4.78 is 24.8. The van der Waals surface area contributed by atoms with Crippen LogP contribution < -0.4 is 14.8 Å². The normalized spacial score (nSPS) is 11.2. The van der Waals surface area contributed by atoms with E-state index >= 15 is 0 Å². The van der Waals surface area contributed by atoms with E-state index in [0.717, 1.165) is 44.9 Å². The van der Waals surface area contributed by atoms with Crippen LogP contribution in [0.3, 0.4) is 0 Å². The van der Waals surface area contributed by atoms with Gasteiger partial charge in [-0.25, -0.2) is 4.39 Å². The van der Waals surface area contributed by atoms with Crippen molar-refractivity contribution in [2.45, 2.75) is 20.4 Å². The van der Waals surface area contributed by atoms with Crippen molar-refractivity contribution in [3.8, 4) is 22.8 Å². The topological polar surface area (TPSA) is 62.1 Å². The smallest absolute Gasteiger partial charge is 0.161 e. The molecule has 2 aromatic carbocycles. The maximum Gasteiger partial charge on any atom is 0.161 e. The number of hydrogen-bond donors (Lipinski definition) is 3. The number of rotatable bonds is 7. The molecule has 3 N–H and O–H groups in total. The fourth-order valence-electron chi connectivity index (χ4n) is 3.32. The second kappa shape index (κ2) is 7.23. The molecule has 1 heterocycles. The van der Waals surface area contributed by atoms with Crippen molar-refractivity contribution in [1.82, 2.24) is 10.2 Å². The summed E-state index contributed by atoms with van der Waals surface area (Å²) in [6.07, 6.45) is 0. The van der Waals surface area contributed by atoms with E-state index in [-0.39, 0.29) is 5.82 Å². The molecule has 2 aliphatic rings. The third kappa shape index (κ3) is 3.30. The van der Waals surface area contributed by atoms with Gasteiger partial charge in [0.05, 0.1) is 18.9 Å². The number of ether oxygens (including phenoxy) is 2. The van der Waals surface area contributed by atoms with E-state index in [1.54, 1.807) is 6.07 Å². The lowest BCUT2D eigenvalue weighted by atomic mass is 10.2. The monoisotopic (exact) mass is 367 g/mol. The Kier molecular flexibility index (Phi) is 4.62. The Morgan fingerprint density at radius 3 is 2.48 bits per heavy atom. The number of aromatic nitrogens is 2. The number of anilines is 1. The number of hydrogen-bond acceptors (Lipinski definition) is 3. The van der Waals surface area contributed by atoms with Crippen LogP contribution in [-0.2, 0) is 6.54 Å². The molecule has 5 nitrogen and oxygen atoms in total. The van der Waals surface area contributed by atoms with Gasteiger partial charge >= 0.3 is 0 Å². The van der Waals surface area contributed by atoms with Crippen LogP contribution in [0.5, 0.6) is 11.5 Å². The molecule has 140 valence electrons. The predicted molar refractivity (Wildman–Crippen MR) is 105 cm³/mol. The third-order valence-electron chi connectivity index (χ3n) is 4.49. The average Bonchev–Trinajstić information content (AvgIpc) is 3.20. The van der Waals surface area contributed by atoms with E-state index in [1.165, 1.54) is 12.1 Å². The summed E-state index contributed by atoms with van der Waals surface area (Å²) in [4.78, 5) is 0. The van der Waals surface area contributed by atoms with Crippen LogP contribution in [0.4, 0.5) is 10.2 Å². The number of fused-ring (bicyclic) bond motifs is 3. The van der Waals surface area contributed by atoms with Gasteiger partial charge in [-0.05, 0) is 55.1 Å². The fourth-order valence-corrected chi connectivity index (χ4v) is 3.32. The maximum absolute atomic E-state index is 13.4. The van der Waals surface area contributed by atoms with Gasteiger partial charge in [0, 0.05) is 17.5 Å².